The lowest BCUT2D eigenvalue weighted by molar-refractivity contribution is -0.139. The number of sulfonamides is 1. The van der Waals surface area contributed by atoms with Gasteiger partial charge in [0, 0.05) is 18.1 Å². The molecule has 0 radical (unpaired) electrons. The van der Waals surface area contributed by atoms with Crippen molar-refractivity contribution in [1.29, 1.82) is 0 Å². The topological polar surface area (TPSA) is 86.8 Å². The van der Waals surface area contributed by atoms with Crippen LogP contribution in [0.2, 0.25) is 5.02 Å². The van der Waals surface area contributed by atoms with Crippen molar-refractivity contribution in [2.24, 2.45) is 0 Å². The number of carbonyl (C=O) groups is 2. The highest BCUT2D eigenvalue weighted by molar-refractivity contribution is 7.92. The second kappa shape index (κ2) is 13.4. The predicted octanol–water partition coefficient (Wildman–Crippen LogP) is 5.18. The molecule has 0 aliphatic heterocycles. The van der Waals surface area contributed by atoms with Crippen LogP contribution >= 0.6 is 11.6 Å². The number of para-hydroxylation sites is 1. The average Bonchev–Trinajstić information content (AvgIpc) is 2.92. The van der Waals surface area contributed by atoms with Crippen molar-refractivity contribution in [1.82, 2.24) is 10.2 Å². The summed E-state index contributed by atoms with van der Waals surface area (Å²) in [6, 6.07) is 21.2. The molecule has 7 nitrogen and oxygen atoms in total. The largest absolute Gasteiger partial charge is 0.354 e. The third kappa shape index (κ3) is 7.36. The summed E-state index contributed by atoms with van der Waals surface area (Å²) in [5.41, 5.74) is 1.87. The second-order valence-corrected chi connectivity index (χ2v) is 11.4. The Bertz CT molecular complexity index is 1330. The van der Waals surface area contributed by atoms with Gasteiger partial charge in [-0.25, -0.2) is 8.42 Å². The van der Waals surface area contributed by atoms with Crippen LogP contribution in [0.25, 0.3) is 0 Å². The average molecular weight is 556 g/mol. The van der Waals surface area contributed by atoms with Gasteiger partial charge in [0.05, 0.1) is 10.6 Å². The van der Waals surface area contributed by atoms with E-state index in [1.807, 2.05) is 13.0 Å². The first-order valence-corrected chi connectivity index (χ1v) is 14.4. The maximum atomic E-state index is 13.9. The molecular weight excluding hydrogens is 522 g/mol. The van der Waals surface area contributed by atoms with E-state index < -0.39 is 28.5 Å². The van der Waals surface area contributed by atoms with Gasteiger partial charge in [-0.3, -0.25) is 13.9 Å². The summed E-state index contributed by atoms with van der Waals surface area (Å²) in [7, 11) is -4.08. The maximum absolute atomic E-state index is 13.9. The molecule has 3 aromatic carbocycles. The predicted molar refractivity (Wildman–Crippen MR) is 152 cm³/mol. The number of hydrogen-bond donors (Lipinski definition) is 1. The van der Waals surface area contributed by atoms with Crippen LogP contribution in [0, 0.1) is 6.92 Å². The summed E-state index contributed by atoms with van der Waals surface area (Å²) in [5.74, 6) is -0.796. The third-order valence-corrected chi connectivity index (χ3v) is 8.28. The minimum absolute atomic E-state index is 0.0747. The number of nitrogens with one attached hydrogen (secondary N) is 1. The van der Waals surface area contributed by atoms with E-state index in [1.165, 1.54) is 17.0 Å². The summed E-state index contributed by atoms with van der Waals surface area (Å²) >= 11 is 6.04. The Morgan fingerprint density at radius 1 is 0.947 bits per heavy atom. The zero-order chi connectivity index (χ0) is 27.7. The molecule has 9 heteroatoms. The lowest BCUT2D eigenvalue weighted by Gasteiger charge is -2.32. The van der Waals surface area contributed by atoms with Crippen LogP contribution in [0.5, 0.6) is 0 Å². The first-order chi connectivity index (χ1) is 18.1. The van der Waals surface area contributed by atoms with E-state index in [0.717, 1.165) is 22.7 Å². The Morgan fingerprint density at radius 3 is 2.21 bits per heavy atom. The number of amides is 2. The van der Waals surface area contributed by atoms with Crippen LogP contribution in [0.4, 0.5) is 5.69 Å². The smallest absolute Gasteiger partial charge is 0.264 e. The van der Waals surface area contributed by atoms with Crippen molar-refractivity contribution < 1.29 is 18.0 Å². The molecule has 3 aromatic rings. The van der Waals surface area contributed by atoms with E-state index in [2.05, 4.69) is 5.32 Å². The monoisotopic (exact) mass is 555 g/mol. The van der Waals surface area contributed by atoms with Crippen LogP contribution < -0.4 is 9.62 Å². The molecule has 1 atom stereocenters. The van der Waals surface area contributed by atoms with Crippen LogP contribution in [0.15, 0.2) is 83.8 Å². The number of aryl methyl sites for hydroxylation is 1. The Labute approximate surface area is 230 Å². The summed E-state index contributed by atoms with van der Waals surface area (Å²) in [6.07, 6.45) is 1.74. The van der Waals surface area contributed by atoms with Crippen LogP contribution in [-0.4, -0.2) is 44.3 Å². The lowest BCUT2D eigenvalue weighted by Crippen LogP contribution is -2.51. The molecule has 0 saturated heterocycles. The molecule has 38 heavy (non-hydrogen) atoms. The number of carbonyl (C=O) groups excluding carboxylic acids is 2. The molecule has 0 heterocycles. The van der Waals surface area contributed by atoms with E-state index in [0.29, 0.717) is 22.8 Å². The van der Waals surface area contributed by atoms with Crippen molar-refractivity contribution in [2.45, 2.75) is 51.1 Å². The van der Waals surface area contributed by atoms with Crippen molar-refractivity contribution in [2.75, 3.05) is 17.4 Å². The quantitative estimate of drug-likeness (QED) is 0.312. The van der Waals surface area contributed by atoms with Crippen LogP contribution in [-0.2, 0) is 26.2 Å². The van der Waals surface area contributed by atoms with E-state index in [1.54, 1.807) is 74.5 Å². The number of halogens is 1. The highest BCUT2D eigenvalue weighted by Gasteiger charge is 2.32. The SMILES string of the molecule is CCCCNC(=O)C(C)N(Cc1ccc(Cl)cc1)C(=O)CN(c1ccccc1C)S(=O)(=O)c1ccccc1. The standard InChI is InChI=1S/C29H34ClN3O4S/c1-4-5-19-31-29(35)23(3)32(20-24-15-17-25(30)18-16-24)28(34)21-33(27-14-10-9-11-22(27)2)38(36,37)26-12-7-6-8-13-26/h6-18,23H,4-5,19-21H2,1-3H3,(H,31,35). The lowest BCUT2D eigenvalue weighted by atomic mass is 10.1. The Balaban J connectivity index is 1.99. The first-order valence-electron chi connectivity index (χ1n) is 12.6. The summed E-state index contributed by atoms with van der Waals surface area (Å²) in [5, 5.41) is 3.43. The van der Waals surface area contributed by atoms with Gasteiger partial charge in [0.2, 0.25) is 11.8 Å². The Hall–Kier alpha value is -3.36. The third-order valence-electron chi connectivity index (χ3n) is 6.26. The van der Waals surface area contributed by atoms with Gasteiger partial charge in [-0.1, -0.05) is 73.5 Å². The van der Waals surface area contributed by atoms with Crippen molar-refractivity contribution in [3.63, 3.8) is 0 Å². The van der Waals surface area contributed by atoms with Crippen molar-refractivity contribution >= 4 is 39.1 Å². The number of unbranched alkanes of at least 4 members (excludes halogenated alkanes) is 1. The second-order valence-electron chi connectivity index (χ2n) is 9.08. The molecule has 0 aromatic heterocycles. The molecule has 1 N–H and O–H groups in total. The Kier molecular flexibility index (Phi) is 10.3. The first kappa shape index (κ1) is 29.2. The molecule has 0 fully saturated rings. The number of anilines is 1. The van der Waals surface area contributed by atoms with Crippen LogP contribution in [0.1, 0.15) is 37.8 Å². The molecule has 0 aliphatic carbocycles. The molecule has 2 amide bonds. The molecular formula is C29H34ClN3O4S. The van der Waals surface area contributed by atoms with Gasteiger partial charge in [0.25, 0.3) is 10.0 Å². The molecule has 0 spiro atoms. The number of hydrogen-bond acceptors (Lipinski definition) is 4. The normalized spacial score (nSPS) is 12.0. The number of rotatable bonds is 12. The fraction of sp³-hybridized carbons (Fsp3) is 0.310. The van der Waals surface area contributed by atoms with E-state index in [-0.39, 0.29) is 17.3 Å². The maximum Gasteiger partial charge on any atom is 0.264 e. The van der Waals surface area contributed by atoms with Crippen LogP contribution in [0.3, 0.4) is 0 Å². The fourth-order valence-corrected chi connectivity index (χ4v) is 5.61. The van der Waals surface area contributed by atoms with Gasteiger partial charge in [0.15, 0.2) is 0 Å². The van der Waals surface area contributed by atoms with Gasteiger partial charge in [0.1, 0.15) is 12.6 Å². The van der Waals surface area contributed by atoms with Gasteiger partial charge in [-0.2, -0.15) is 0 Å². The summed E-state index contributed by atoms with van der Waals surface area (Å²) in [6.45, 7) is 5.62. The summed E-state index contributed by atoms with van der Waals surface area (Å²) in [4.78, 5) is 28.3. The minimum atomic E-state index is -4.08. The number of nitrogens with zero attached hydrogens (tertiary/aromatic N) is 2. The Morgan fingerprint density at radius 2 is 1.58 bits per heavy atom. The molecule has 0 bridgehead atoms. The van der Waals surface area contributed by atoms with Gasteiger partial charge < -0.3 is 10.2 Å². The highest BCUT2D eigenvalue weighted by Crippen LogP contribution is 2.27. The molecule has 3 rings (SSSR count). The van der Waals surface area contributed by atoms with E-state index >= 15 is 0 Å². The van der Waals surface area contributed by atoms with Crippen molar-refractivity contribution in [3.8, 4) is 0 Å². The summed E-state index contributed by atoms with van der Waals surface area (Å²) < 4.78 is 28.7. The fourth-order valence-electron chi connectivity index (χ4n) is 3.98. The van der Waals surface area contributed by atoms with E-state index in [4.69, 9.17) is 11.6 Å². The zero-order valence-electron chi connectivity index (χ0n) is 21.9. The molecule has 202 valence electrons. The zero-order valence-corrected chi connectivity index (χ0v) is 23.5. The molecule has 1 unspecified atom stereocenters. The van der Waals surface area contributed by atoms with Crippen molar-refractivity contribution in [3.05, 3.63) is 95.0 Å². The van der Waals surface area contributed by atoms with Gasteiger partial charge >= 0.3 is 0 Å². The minimum Gasteiger partial charge on any atom is -0.354 e. The van der Waals surface area contributed by atoms with Gasteiger partial charge in [-0.05, 0) is 61.7 Å². The molecule has 0 saturated carbocycles. The number of benzene rings is 3. The highest BCUT2D eigenvalue weighted by atomic mass is 35.5. The van der Waals surface area contributed by atoms with E-state index in [9.17, 15) is 18.0 Å². The molecule has 0 aliphatic rings. The van der Waals surface area contributed by atoms with Gasteiger partial charge in [-0.15, -0.1) is 0 Å².